The molecule has 0 aliphatic rings. The summed E-state index contributed by atoms with van der Waals surface area (Å²) in [6.07, 6.45) is -0.937. The lowest BCUT2D eigenvalue weighted by Gasteiger charge is -2.15. The number of nitrogens with one attached hydrogen (secondary N) is 1. The zero-order valence-electron chi connectivity index (χ0n) is 15.1. The van der Waals surface area contributed by atoms with Crippen molar-refractivity contribution in [2.45, 2.75) is 32.0 Å². The Labute approximate surface area is 156 Å². The molecule has 2 aromatic rings. The fourth-order valence-electron chi connectivity index (χ4n) is 2.15. The number of aryl methyl sites for hydroxylation is 2. The van der Waals surface area contributed by atoms with E-state index in [0.29, 0.717) is 16.6 Å². The van der Waals surface area contributed by atoms with E-state index in [9.17, 15) is 9.59 Å². The molecule has 8 heteroatoms. The molecule has 0 saturated heterocycles. The summed E-state index contributed by atoms with van der Waals surface area (Å²) in [4.78, 5) is 32.7. The van der Waals surface area contributed by atoms with Gasteiger partial charge >= 0.3 is 5.97 Å². The molecule has 0 aliphatic heterocycles. The summed E-state index contributed by atoms with van der Waals surface area (Å²) in [5.41, 5.74) is 2.18. The van der Waals surface area contributed by atoms with Crippen LogP contribution in [0.5, 0.6) is 5.75 Å². The monoisotopic (exact) mass is 375 g/mol. The van der Waals surface area contributed by atoms with Crippen molar-refractivity contribution in [3.8, 4) is 5.75 Å². The average Bonchev–Trinajstić information content (AvgIpc) is 2.59. The summed E-state index contributed by atoms with van der Waals surface area (Å²) in [5.74, 6) is -0.396. The highest BCUT2D eigenvalue weighted by Gasteiger charge is 2.19. The van der Waals surface area contributed by atoms with Crippen molar-refractivity contribution in [1.82, 2.24) is 9.97 Å². The van der Waals surface area contributed by atoms with E-state index in [0.717, 1.165) is 11.4 Å². The summed E-state index contributed by atoms with van der Waals surface area (Å²) in [5, 5.41) is 3.19. The third-order valence-electron chi connectivity index (χ3n) is 3.32. The van der Waals surface area contributed by atoms with E-state index in [1.54, 1.807) is 24.3 Å². The molecule has 0 spiro atoms. The third-order valence-corrected chi connectivity index (χ3v) is 4.14. The molecule has 138 valence electrons. The maximum atomic E-state index is 12.2. The summed E-state index contributed by atoms with van der Waals surface area (Å²) in [6, 6.07) is 8.86. The fraction of sp³-hybridized carbons (Fsp3) is 0.333. The Balaban J connectivity index is 1.86. The Hall–Kier alpha value is -2.61. The molecule has 1 N–H and O–H groups in total. The largest absolute Gasteiger partial charge is 0.495 e. The molecule has 0 bridgehead atoms. The highest BCUT2D eigenvalue weighted by atomic mass is 32.2. The molecule has 1 aromatic heterocycles. The van der Waals surface area contributed by atoms with Crippen LogP contribution in [0.25, 0.3) is 0 Å². The number of para-hydroxylation sites is 2. The third kappa shape index (κ3) is 5.73. The molecule has 1 atom stereocenters. The lowest BCUT2D eigenvalue weighted by Crippen LogP contribution is -2.30. The molecule has 0 radical (unpaired) electrons. The average molecular weight is 375 g/mol. The number of carbonyl (C=O) groups excluding carboxylic acids is 2. The summed E-state index contributed by atoms with van der Waals surface area (Å²) >= 11 is 1.17. The van der Waals surface area contributed by atoms with Crippen LogP contribution in [0.2, 0.25) is 0 Å². The van der Waals surface area contributed by atoms with Gasteiger partial charge in [-0.3, -0.25) is 9.59 Å². The van der Waals surface area contributed by atoms with Crippen LogP contribution in [-0.2, 0) is 14.3 Å². The number of carbonyl (C=O) groups is 2. The minimum atomic E-state index is -0.937. The smallest absolute Gasteiger partial charge is 0.317 e. The zero-order valence-corrected chi connectivity index (χ0v) is 15.9. The van der Waals surface area contributed by atoms with E-state index < -0.39 is 18.0 Å². The van der Waals surface area contributed by atoms with Crippen molar-refractivity contribution in [3.63, 3.8) is 0 Å². The maximum absolute atomic E-state index is 12.2. The Morgan fingerprint density at radius 1 is 1.19 bits per heavy atom. The van der Waals surface area contributed by atoms with E-state index in [1.165, 1.54) is 25.8 Å². The molecule has 0 saturated carbocycles. The minimum absolute atomic E-state index is 0.0230. The number of anilines is 1. The Bertz CT molecular complexity index is 778. The number of benzene rings is 1. The van der Waals surface area contributed by atoms with Gasteiger partial charge in [0.25, 0.3) is 5.91 Å². The van der Waals surface area contributed by atoms with Gasteiger partial charge in [0, 0.05) is 11.4 Å². The highest BCUT2D eigenvalue weighted by molar-refractivity contribution is 7.99. The summed E-state index contributed by atoms with van der Waals surface area (Å²) in [7, 11) is 1.51. The first kappa shape index (κ1) is 19.7. The van der Waals surface area contributed by atoms with Crippen LogP contribution in [0.3, 0.4) is 0 Å². The van der Waals surface area contributed by atoms with E-state index in [4.69, 9.17) is 9.47 Å². The van der Waals surface area contributed by atoms with Crippen LogP contribution >= 0.6 is 11.8 Å². The predicted molar refractivity (Wildman–Crippen MR) is 99.4 cm³/mol. The second-order valence-electron chi connectivity index (χ2n) is 5.54. The molecular formula is C18H21N3O4S. The minimum Gasteiger partial charge on any atom is -0.495 e. The molecule has 7 nitrogen and oxygen atoms in total. The molecule has 0 aliphatic carbocycles. The lowest BCUT2D eigenvalue weighted by atomic mass is 10.2. The number of nitrogens with zero attached hydrogens (tertiary/aromatic N) is 2. The Morgan fingerprint density at radius 2 is 1.85 bits per heavy atom. The number of ether oxygens (including phenoxy) is 2. The van der Waals surface area contributed by atoms with Gasteiger partial charge in [-0.1, -0.05) is 23.9 Å². The van der Waals surface area contributed by atoms with Crippen molar-refractivity contribution < 1.29 is 19.1 Å². The van der Waals surface area contributed by atoms with Crippen LogP contribution < -0.4 is 10.1 Å². The van der Waals surface area contributed by atoms with Gasteiger partial charge in [0.2, 0.25) is 0 Å². The van der Waals surface area contributed by atoms with Crippen molar-refractivity contribution in [3.05, 3.63) is 41.7 Å². The van der Waals surface area contributed by atoms with Gasteiger partial charge in [-0.2, -0.15) is 0 Å². The van der Waals surface area contributed by atoms with E-state index in [2.05, 4.69) is 15.3 Å². The second kappa shape index (κ2) is 9.19. The first-order chi connectivity index (χ1) is 12.4. The van der Waals surface area contributed by atoms with Crippen LogP contribution in [0.1, 0.15) is 18.3 Å². The molecule has 0 fully saturated rings. The molecule has 1 amide bonds. The van der Waals surface area contributed by atoms with Gasteiger partial charge in [-0.15, -0.1) is 0 Å². The number of hydrogen-bond donors (Lipinski definition) is 1. The lowest BCUT2D eigenvalue weighted by molar-refractivity contribution is -0.150. The van der Waals surface area contributed by atoms with Crippen LogP contribution in [0.15, 0.2) is 35.5 Å². The number of hydrogen-bond acceptors (Lipinski definition) is 7. The van der Waals surface area contributed by atoms with Gasteiger partial charge in [-0.05, 0) is 39.0 Å². The van der Waals surface area contributed by atoms with E-state index in [-0.39, 0.29) is 5.75 Å². The zero-order chi connectivity index (χ0) is 19.1. The molecular weight excluding hydrogens is 354 g/mol. The predicted octanol–water partition coefficient (Wildman–Crippen LogP) is 2.76. The molecule has 1 aromatic carbocycles. The fourth-order valence-corrected chi connectivity index (χ4v) is 2.88. The SMILES string of the molecule is COc1ccccc1NC(=O)[C@H](C)OC(=O)CSc1nc(C)cc(C)n1. The standard InChI is InChI=1S/C18H21N3O4S/c1-11-9-12(2)20-18(19-11)26-10-16(22)25-13(3)17(23)21-14-7-5-6-8-15(14)24-4/h5-9,13H,10H2,1-4H3,(H,21,23)/t13-/m0/s1. The molecule has 26 heavy (non-hydrogen) atoms. The van der Waals surface area contributed by atoms with Crippen molar-refractivity contribution in [1.29, 1.82) is 0 Å². The van der Waals surface area contributed by atoms with E-state index >= 15 is 0 Å². The number of rotatable bonds is 7. The molecule has 0 unspecified atom stereocenters. The van der Waals surface area contributed by atoms with Gasteiger partial charge in [0.15, 0.2) is 11.3 Å². The number of methoxy groups -OCH3 is 1. The first-order valence-corrected chi connectivity index (χ1v) is 8.96. The summed E-state index contributed by atoms with van der Waals surface area (Å²) < 4.78 is 10.3. The highest BCUT2D eigenvalue weighted by Crippen LogP contribution is 2.23. The van der Waals surface area contributed by atoms with Crippen LogP contribution in [0.4, 0.5) is 5.69 Å². The quantitative estimate of drug-likeness (QED) is 0.452. The number of amides is 1. The Morgan fingerprint density at radius 3 is 2.50 bits per heavy atom. The second-order valence-corrected chi connectivity index (χ2v) is 6.49. The van der Waals surface area contributed by atoms with Crippen molar-refractivity contribution in [2.24, 2.45) is 0 Å². The summed E-state index contributed by atoms with van der Waals surface area (Å²) in [6.45, 7) is 5.24. The van der Waals surface area contributed by atoms with Gasteiger partial charge in [-0.25, -0.2) is 9.97 Å². The van der Waals surface area contributed by atoms with Gasteiger partial charge in [0.05, 0.1) is 18.6 Å². The van der Waals surface area contributed by atoms with Crippen LogP contribution in [0, 0.1) is 13.8 Å². The first-order valence-electron chi connectivity index (χ1n) is 7.97. The van der Waals surface area contributed by atoms with E-state index in [1.807, 2.05) is 19.9 Å². The molecule has 1 heterocycles. The van der Waals surface area contributed by atoms with Crippen molar-refractivity contribution >= 4 is 29.3 Å². The van der Waals surface area contributed by atoms with Crippen LogP contribution in [-0.4, -0.2) is 40.8 Å². The number of aromatic nitrogens is 2. The number of esters is 1. The number of thioether (sulfide) groups is 1. The molecule has 2 rings (SSSR count). The Kier molecular flexibility index (Phi) is 6.97. The normalized spacial score (nSPS) is 11.5. The van der Waals surface area contributed by atoms with Crippen molar-refractivity contribution in [2.75, 3.05) is 18.2 Å². The maximum Gasteiger partial charge on any atom is 0.317 e. The van der Waals surface area contributed by atoms with Gasteiger partial charge < -0.3 is 14.8 Å². The van der Waals surface area contributed by atoms with Gasteiger partial charge in [0.1, 0.15) is 5.75 Å². The topological polar surface area (TPSA) is 90.4 Å².